The third-order valence-electron chi connectivity index (χ3n) is 3.35. The minimum atomic E-state index is -1.82. The SMILES string of the molecule is CN1CCN(CCOc2ccc(Cl)c(Cl)c2)CC1.O=C(O)C(=O)O. The Kier molecular flexibility index (Phi) is 8.84. The van der Waals surface area contributed by atoms with Crippen molar-refractivity contribution >= 4 is 35.1 Å². The summed E-state index contributed by atoms with van der Waals surface area (Å²) >= 11 is 11.8. The summed E-state index contributed by atoms with van der Waals surface area (Å²) in [5.41, 5.74) is 0. The lowest BCUT2D eigenvalue weighted by atomic mass is 10.3. The van der Waals surface area contributed by atoms with E-state index in [0.29, 0.717) is 16.7 Å². The van der Waals surface area contributed by atoms with Gasteiger partial charge in [0.1, 0.15) is 12.4 Å². The van der Waals surface area contributed by atoms with Gasteiger partial charge in [-0.25, -0.2) is 9.59 Å². The van der Waals surface area contributed by atoms with Gasteiger partial charge in [0.25, 0.3) is 0 Å². The minimum Gasteiger partial charge on any atom is -0.492 e. The smallest absolute Gasteiger partial charge is 0.414 e. The minimum absolute atomic E-state index is 0.536. The van der Waals surface area contributed by atoms with Crippen molar-refractivity contribution in [2.24, 2.45) is 0 Å². The topological polar surface area (TPSA) is 90.3 Å². The van der Waals surface area contributed by atoms with Crippen molar-refractivity contribution in [1.29, 1.82) is 0 Å². The van der Waals surface area contributed by atoms with Crippen LogP contribution in [0.3, 0.4) is 0 Å². The number of benzene rings is 1. The molecule has 1 aliphatic rings. The van der Waals surface area contributed by atoms with Gasteiger partial charge in [-0.1, -0.05) is 23.2 Å². The molecule has 0 radical (unpaired) electrons. The molecule has 0 amide bonds. The molecular formula is C15H20Cl2N2O5. The Morgan fingerprint density at radius 2 is 1.67 bits per heavy atom. The van der Waals surface area contributed by atoms with E-state index in [0.717, 1.165) is 38.5 Å². The highest BCUT2D eigenvalue weighted by molar-refractivity contribution is 6.42. The summed E-state index contributed by atoms with van der Waals surface area (Å²) in [6, 6.07) is 5.36. The molecule has 9 heteroatoms. The maximum atomic E-state index is 9.10. The van der Waals surface area contributed by atoms with Crippen LogP contribution in [0.5, 0.6) is 5.75 Å². The summed E-state index contributed by atoms with van der Waals surface area (Å²) in [6.07, 6.45) is 0. The van der Waals surface area contributed by atoms with Crippen molar-refractivity contribution in [3.05, 3.63) is 28.2 Å². The van der Waals surface area contributed by atoms with Gasteiger partial charge in [0, 0.05) is 38.8 Å². The molecule has 0 atom stereocenters. The number of halogens is 2. The van der Waals surface area contributed by atoms with E-state index in [1.807, 2.05) is 6.07 Å². The molecule has 0 saturated carbocycles. The molecule has 0 unspecified atom stereocenters. The molecule has 0 spiro atoms. The number of rotatable bonds is 4. The van der Waals surface area contributed by atoms with Crippen LogP contribution in [-0.2, 0) is 9.59 Å². The van der Waals surface area contributed by atoms with Crippen LogP contribution in [0.15, 0.2) is 18.2 Å². The summed E-state index contributed by atoms with van der Waals surface area (Å²) < 4.78 is 5.67. The van der Waals surface area contributed by atoms with E-state index in [4.69, 9.17) is 47.7 Å². The molecule has 1 fully saturated rings. The summed E-state index contributed by atoms with van der Waals surface area (Å²) in [7, 11) is 2.16. The van der Waals surface area contributed by atoms with Gasteiger partial charge in [-0.3, -0.25) is 4.90 Å². The molecule has 1 aromatic rings. The Balaban J connectivity index is 0.000000413. The molecule has 1 aliphatic heterocycles. The van der Waals surface area contributed by atoms with E-state index in [-0.39, 0.29) is 0 Å². The molecule has 2 N–H and O–H groups in total. The number of piperazine rings is 1. The van der Waals surface area contributed by atoms with Gasteiger partial charge in [-0.05, 0) is 19.2 Å². The van der Waals surface area contributed by atoms with Gasteiger partial charge >= 0.3 is 11.9 Å². The third-order valence-corrected chi connectivity index (χ3v) is 4.09. The van der Waals surface area contributed by atoms with Crippen molar-refractivity contribution in [3.8, 4) is 5.75 Å². The molecule has 2 rings (SSSR count). The Bertz CT molecular complexity index is 551. The number of carbonyl (C=O) groups is 2. The van der Waals surface area contributed by atoms with Gasteiger partial charge in [0.2, 0.25) is 0 Å². The number of nitrogens with zero attached hydrogens (tertiary/aromatic N) is 2. The van der Waals surface area contributed by atoms with Gasteiger partial charge in [0.15, 0.2) is 0 Å². The zero-order valence-corrected chi connectivity index (χ0v) is 14.8. The van der Waals surface area contributed by atoms with Crippen molar-refractivity contribution < 1.29 is 24.5 Å². The Hall–Kier alpha value is -1.54. The average molecular weight is 379 g/mol. The fourth-order valence-corrected chi connectivity index (χ4v) is 2.22. The first-order valence-electron chi connectivity index (χ1n) is 7.24. The van der Waals surface area contributed by atoms with E-state index in [9.17, 15) is 0 Å². The van der Waals surface area contributed by atoms with E-state index in [2.05, 4.69) is 16.8 Å². The quantitative estimate of drug-likeness (QED) is 0.771. The average Bonchev–Trinajstić information content (AvgIpc) is 2.53. The fourth-order valence-electron chi connectivity index (χ4n) is 1.93. The van der Waals surface area contributed by atoms with Crippen LogP contribution in [0.2, 0.25) is 10.0 Å². The third kappa shape index (κ3) is 7.83. The van der Waals surface area contributed by atoms with Crippen molar-refractivity contribution in [3.63, 3.8) is 0 Å². The summed E-state index contributed by atoms with van der Waals surface area (Å²) in [5.74, 6) is -2.87. The maximum absolute atomic E-state index is 9.10. The molecule has 0 aromatic heterocycles. The largest absolute Gasteiger partial charge is 0.492 e. The second-order valence-corrected chi connectivity index (χ2v) is 5.99. The Morgan fingerprint density at radius 1 is 1.08 bits per heavy atom. The predicted molar refractivity (Wildman–Crippen MR) is 91.2 cm³/mol. The fraction of sp³-hybridized carbons (Fsp3) is 0.467. The van der Waals surface area contributed by atoms with Crippen molar-refractivity contribution in [1.82, 2.24) is 9.80 Å². The van der Waals surface area contributed by atoms with E-state index >= 15 is 0 Å². The summed E-state index contributed by atoms with van der Waals surface area (Å²) in [4.78, 5) is 23.0. The summed E-state index contributed by atoms with van der Waals surface area (Å²) in [6.45, 7) is 6.12. The zero-order chi connectivity index (χ0) is 18.1. The van der Waals surface area contributed by atoms with E-state index < -0.39 is 11.9 Å². The van der Waals surface area contributed by atoms with Crippen molar-refractivity contribution in [2.75, 3.05) is 46.4 Å². The van der Waals surface area contributed by atoms with Gasteiger partial charge < -0.3 is 19.8 Å². The maximum Gasteiger partial charge on any atom is 0.414 e. The molecule has 1 saturated heterocycles. The number of carboxylic acids is 2. The van der Waals surface area contributed by atoms with Crippen LogP contribution in [-0.4, -0.2) is 78.3 Å². The van der Waals surface area contributed by atoms with Crippen LogP contribution in [0.1, 0.15) is 0 Å². The highest BCUT2D eigenvalue weighted by Gasteiger charge is 2.13. The predicted octanol–water partition coefficient (Wildman–Crippen LogP) is 1.78. The molecule has 134 valence electrons. The van der Waals surface area contributed by atoms with Crippen LogP contribution >= 0.6 is 23.2 Å². The lowest BCUT2D eigenvalue weighted by molar-refractivity contribution is -0.159. The number of aliphatic carboxylic acids is 2. The van der Waals surface area contributed by atoms with Gasteiger partial charge in [0.05, 0.1) is 10.0 Å². The van der Waals surface area contributed by atoms with Crippen LogP contribution in [0, 0.1) is 0 Å². The summed E-state index contributed by atoms with van der Waals surface area (Å²) in [5, 5.41) is 15.9. The lowest BCUT2D eigenvalue weighted by Crippen LogP contribution is -2.45. The van der Waals surface area contributed by atoms with Gasteiger partial charge in [-0.15, -0.1) is 0 Å². The molecule has 7 nitrogen and oxygen atoms in total. The molecule has 1 aromatic carbocycles. The number of hydrogen-bond donors (Lipinski definition) is 2. The molecular weight excluding hydrogens is 359 g/mol. The highest BCUT2D eigenvalue weighted by atomic mass is 35.5. The number of hydrogen-bond acceptors (Lipinski definition) is 5. The van der Waals surface area contributed by atoms with E-state index in [1.54, 1.807) is 12.1 Å². The first-order chi connectivity index (χ1) is 11.3. The molecule has 0 bridgehead atoms. The molecule has 1 heterocycles. The molecule has 0 aliphatic carbocycles. The van der Waals surface area contributed by atoms with Gasteiger partial charge in [-0.2, -0.15) is 0 Å². The second-order valence-electron chi connectivity index (χ2n) is 5.18. The standard InChI is InChI=1S/C13H18Cl2N2O.C2H2O4/c1-16-4-6-17(7-5-16)8-9-18-11-2-3-12(14)13(15)10-11;3-1(4)2(5)6/h2-3,10H,4-9H2,1H3;(H,3,4)(H,5,6). The van der Waals surface area contributed by atoms with Crippen molar-refractivity contribution in [2.45, 2.75) is 0 Å². The lowest BCUT2D eigenvalue weighted by Gasteiger charge is -2.32. The van der Waals surface area contributed by atoms with Crippen LogP contribution < -0.4 is 4.74 Å². The first-order valence-corrected chi connectivity index (χ1v) is 8.00. The molecule has 24 heavy (non-hydrogen) atoms. The first kappa shape index (κ1) is 20.5. The number of ether oxygens (including phenoxy) is 1. The monoisotopic (exact) mass is 378 g/mol. The Labute approximate surface area is 150 Å². The zero-order valence-electron chi connectivity index (χ0n) is 13.2. The van der Waals surface area contributed by atoms with E-state index in [1.165, 1.54) is 0 Å². The van der Waals surface area contributed by atoms with Crippen LogP contribution in [0.4, 0.5) is 0 Å². The Morgan fingerprint density at radius 3 is 2.17 bits per heavy atom. The number of likely N-dealkylation sites (N-methyl/N-ethyl adjacent to an activating group) is 1. The second kappa shape index (κ2) is 10.4. The highest BCUT2D eigenvalue weighted by Crippen LogP contribution is 2.26. The number of carboxylic acid groups (broad SMARTS) is 2. The normalized spacial score (nSPS) is 15.3. The van der Waals surface area contributed by atoms with Crippen LogP contribution in [0.25, 0.3) is 0 Å².